The first-order chi connectivity index (χ1) is 14.8. The Morgan fingerprint density at radius 3 is 2.52 bits per heavy atom. The number of piperidine rings is 1. The molecular formula is C25H30N2O2SSi. The molecule has 1 amide bonds. The zero-order valence-corrected chi connectivity index (χ0v) is 20.0. The summed E-state index contributed by atoms with van der Waals surface area (Å²) in [5.41, 5.74) is 8.40. The van der Waals surface area contributed by atoms with Crippen LogP contribution in [0.25, 0.3) is 10.1 Å². The molecule has 1 aromatic heterocycles. The molecule has 2 atom stereocenters. The van der Waals surface area contributed by atoms with Crippen LogP contribution in [0.2, 0.25) is 13.1 Å². The quantitative estimate of drug-likeness (QED) is 0.582. The third-order valence-electron chi connectivity index (χ3n) is 7.06. The van der Waals surface area contributed by atoms with Crippen LogP contribution in [0, 0.1) is 0 Å². The largest absolute Gasteiger partial charge is 0.428 e. The SMILES string of the molecule is C[Si](C)(O)c1cccc2sc(C(=O)N3C4CCC3CC(c3cccc(CN)c3)C4)cc12. The Labute approximate surface area is 188 Å². The number of thiophene rings is 1. The second-order valence-corrected chi connectivity index (χ2v) is 14.3. The third kappa shape index (κ3) is 3.76. The lowest BCUT2D eigenvalue weighted by molar-refractivity contribution is 0.0576. The summed E-state index contributed by atoms with van der Waals surface area (Å²) < 4.78 is 1.09. The van der Waals surface area contributed by atoms with Crippen LogP contribution in [-0.2, 0) is 6.54 Å². The highest BCUT2D eigenvalue weighted by Crippen LogP contribution is 2.44. The van der Waals surface area contributed by atoms with Gasteiger partial charge in [-0.3, -0.25) is 4.79 Å². The van der Waals surface area contributed by atoms with E-state index in [0.717, 1.165) is 45.8 Å². The van der Waals surface area contributed by atoms with Crippen molar-refractivity contribution in [2.45, 2.75) is 63.3 Å². The van der Waals surface area contributed by atoms with E-state index in [1.807, 2.05) is 31.3 Å². The maximum Gasteiger partial charge on any atom is 0.264 e. The molecule has 2 aliphatic rings. The van der Waals surface area contributed by atoms with E-state index in [-0.39, 0.29) is 5.91 Å². The topological polar surface area (TPSA) is 66.6 Å². The first-order valence-electron chi connectivity index (χ1n) is 11.2. The molecule has 3 aromatic rings. The van der Waals surface area contributed by atoms with Crippen LogP contribution in [0.5, 0.6) is 0 Å². The van der Waals surface area contributed by atoms with E-state index in [0.29, 0.717) is 24.5 Å². The predicted molar refractivity (Wildman–Crippen MR) is 130 cm³/mol. The van der Waals surface area contributed by atoms with Gasteiger partial charge in [-0.1, -0.05) is 36.4 Å². The number of nitrogens with two attached hydrogens (primary N) is 1. The number of nitrogens with zero attached hydrogens (tertiary/aromatic N) is 1. The first-order valence-corrected chi connectivity index (χ1v) is 15.0. The van der Waals surface area contributed by atoms with Gasteiger partial charge in [0.05, 0.1) is 4.88 Å². The number of amides is 1. The lowest BCUT2D eigenvalue weighted by Gasteiger charge is -2.39. The van der Waals surface area contributed by atoms with Crippen LogP contribution in [0.4, 0.5) is 0 Å². The predicted octanol–water partition coefficient (Wildman–Crippen LogP) is 4.32. The number of benzene rings is 2. The normalized spacial score (nSPS) is 23.5. The highest BCUT2D eigenvalue weighted by Gasteiger charge is 2.44. The van der Waals surface area contributed by atoms with E-state index >= 15 is 0 Å². The van der Waals surface area contributed by atoms with Crippen LogP contribution in [0.1, 0.15) is 52.4 Å². The maximum absolute atomic E-state index is 13.6. The van der Waals surface area contributed by atoms with Crippen LogP contribution >= 0.6 is 11.3 Å². The van der Waals surface area contributed by atoms with Crippen molar-refractivity contribution in [1.29, 1.82) is 0 Å². The fraction of sp³-hybridized carbons (Fsp3) is 0.400. The highest BCUT2D eigenvalue weighted by molar-refractivity contribution is 7.21. The van der Waals surface area contributed by atoms with Crippen LogP contribution in [0.3, 0.4) is 0 Å². The Hall–Kier alpha value is -1.99. The third-order valence-corrected chi connectivity index (χ3v) is 9.90. The highest BCUT2D eigenvalue weighted by atomic mass is 32.1. The molecule has 2 aromatic carbocycles. The average molecular weight is 451 g/mol. The summed E-state index contributed by atoms with van der Waals surface area (Å²) in [7, 11) is -2.46. The van der Waals surface area contributed by atoms with Crippen molar-refractivity contribution >= 4 is 40.8 Å². The van der Waals surface area contributed by atoms with Crippen LogP contribution in [0.15, 0.2) is 48.5 Å². The van der Waals surface area contributed by atoms with Gasteiger partial charge in [0.25, 0.3) is 5.91 Å². The van der Waals surface area contributed by atoms with Crippen molar-refractivity contribution in [2.75, 3.05) is 0 Å². The molecule has 0 radical (unpaired) electrons. The van der Waals surface area contributed by atoms with Gasteiger partial charge >= 0.3 is 0 Å². The molecule has 0 aliphatic carbocycles. The molecule has 2 fully saturated rings. The zero-order valence-electron chi connectivity index (χ0n) is 18.2. The molecule has 6 heteroatoms. The van der Waals surface area contributed by atoms with Crippen LogP contribution in [-0.4, -0.2) is 36.0 Å². The van der Waals surface area contributed by atoms with Gasteiger partial charge < -0.3 is 15.4 Å². The van der Waals surface area contributed by atoms with Gasteiger partial charge in [0.1, 0.15) is 0 Å². The molecule has 2 saturated heterocycles. The Morgan fingerprint density at radius 1 is 1.13 bits per heavy atom. The Balaban J connectivity index is 1.41. The molecule has 5 rings (SSSR count). The van der Waals surface area contributed by atoms with Crippen molar-refractivity contribution < 1.29 is 9.59 Å². The minimum Gasteiger partial charge on any atom is -0.428 e. The lowest BCUT2D eigenvalue weighted by atomic mass is 9.84. The van der Waals surface area contributed by atoms with E-state index in [4.69, 9.17) is 5.73 Å². The molecule has 2 bridgehead atoms. The van der Waals surface area contributed by atoms with Gasteiger partial charge in [-0.15, -0.1) is 11.3 Å². The van der Waals surface area contributed by atoms with Gasteiger partial charge in [-0.25, -0.2) is 0 Å². The van der Waals surface area contributed by atoms with Gasteiger partial charge in [0.15, 0.2) is 0 Å². The summed E-state index contributed by atoms with van der Waals surface area (Å²) in [5.74, 6) is 0.675. The molecular weight excluding hydrogens is 420 g/mol. The Kier molecular flexibility index (Phi) is 5.29. The number of carbonyl (C=O) groups is 1. The number of hydrogen-bond donors (Lipinski definition) is 2. The second-order valence-electron chi connectivity index (χ2n) is 9.60. The smallest absolute Gasteiger partial charge is 0.264 e. The van der Waals surface area contributed by atoms with Crippen molar-refractivity contribution in [3.05, 3.63) is 64.5 Å². The first kappa shape index (κ1) is 20.9. The molecule has 2 aliphatic heterocycles. The van der Waals surface area contributed by atoms with E-state index in [1.54, 1.807) is 11.3 Å². The number of rotatable bonds is 4. The fourth-order valence-electron chi connectivity index (χ4n) is 5.58. The molecule has 162 valence electrons. The summed E-state index contributed by atoms with van der Waals surface area (Å²) in [6, 6.07) is 17.4. The van der Waals surface area contributed by atoms with Crippen molar-refractivity contribution in [3.8, 4) is 0 Å². The molecule has 0 saturated carbocycles. The van der Waals surface area contributed by atoms with Gasteiger partial charge in [0.2, 0.25) is 8.32 Å². The molecule has 3 N–H and O–H groups in total. The van der Waals surface area contributed by atoms with Gasteiger partial charge in [-0.2, -0.15) is 0 Å². The summed E-state index contributed by atoms with van der Waals surface area (Å²) in [4.78, 5) is 27.3. The van der Waals surface area contributed by atoms with Crippen molar-refractivity contribution in [2.24, 2.45) is 5.73 Å². The summed E-state index contributed by atoms with van der Waals surface area (Å²) in [5, 5.41) is 2.07. The molecule has 4 nitrogen and oxygen atoms in total. The van der Waals surface area contributed by atoms with Crippen molar-refractivity contribution in [3.63, 3.8) is 0 Å². The lowest BCUT2D eigenvalue weighted by Crippen LogP contribution is -2.45. The number of hydrogen-bond acceptors (Lipinski definition) is 4. The molecule has 3 heterocycles. The zero-order chi connectivity index (χ0) is 21.8. The summed E-state index contributed by atoms with van der Waals surface area (Å²) in [6.45, 7) is 4.44. The summed E-state index contributed by atoms with van der Waals surface area (Å²) >= 11 is 1.57. The van der Waals surface area contributed by atoms with E-state index in [9.17, 15) is 9.59 Å². The molecule has 2 unspecified atom stereocenters. The van der Waals surface area contributed by atoms with Gasteiger partial charge in [-0.05, 0) is 78.5 Å². The van der Waals surface area contributed by atoms with Gasteiger partial charge in [0, 0.05) is 23.3 Å². The van der Waals surface area contributed by atoms with Crippen LogP contribution < -0.4 is 10.9 Å². The Morgan fingerprint density at radius 2 is 1.84 bits per heavy atom. The maximum atomic E-state index is 13.6. The minimum absolute atomic E-state index is 0.172. The van der Waals surface area contributed by atoms with Crippen molar-refractivity contribution in [1.82, 2.24) is 4.90 Å². The van der Waals surface area contributed by atoms with E-state index in [1.165, 1.54) is 11.1 Å². The Bertz CT molecular complexity index is 1120. The summed E-state index contributed by atoms with van der Waals surface area (Å²) in [6.07, 6.45) is 4.25. The number of fused-ring (bicyclic) bond motifs is 3. The van der Waals surface area contributed by atoms with E-state index in [2.05, 4.69) is 35.2 Å². The molecule has 31 heavy (non-hydrogen) atoms. The standard InChI is InChI=1S/C25H30N2O2SSi/c1-31(2,29)24-8-4-7-22-21(24)14-23(30-22)25(28)27-19-9-10-20(27)13-18(12-19)17-6-3-5-16(11-17)15-26/h3-8,11,14,18-20,29H,9-10,12-13,15,26H2,1-2H3. The monoisotopic (exact) mass is 450 g/mol. The van der Waals surface area contributed by atoms with E-state index < -0.39 is 8.32 Å². The molecule has 0 spiro atoms. The number of carbonyl (C=O) groups excluding carboxylic acids is 1. The fourth-order valence-corrected chi connectivity index (χ4v) is 8.07. The average Bonchev–Trinajstić information content (AvgIpc) is 3.30. The minimum atomic E-state index is -2.46. The second kappa shape index (κ2) is 7.85.